The highest BCUT2D eigenvalue weighted by molar-refractivity contribution is 5.47. The summed E-state index contributed by atoms with van der Waals surface area (Å²) in [6.45, 7) is 5.22. The summed E-state index contributed by atoms with van der Waals surface area (Å²) in [5.41, 5.74) is 4.55. The van der Waals surface area contributed by atoms with Gasteiger partial charge in [-0.1, -0.05) is 0 Å². The van der Waals surface area contributed by atoms with Crippen LogP contribution in [0.1, 0.15) is 5.69 Å². The molecule has 0 radical (unpaired) electrons. The van der Waals surface area contributed by atoms with Gasteiger partial charge in [0.25, 0.3) is 0 Å². The van der Waals surface area contributed by atoms with Crippen LogP contribution in [0.3, 0.4) is 0 Å². The Labute approximate surface area is 59.8 Å². The number of hydrazone groups is 1. The Bertz CT molecular complexity index is 232. The Morgan fingerprint density at radius 3 is 3.10 bits per heavy atom. The van der Waals surface area contributed by atoms with Crippen LogP contribution < -0.4 is 5.43 Å². The Hall–Kier alpha value is -1.38. The van der Waals surface area contributed by atoms with Crippen molar-refractivity contribution in [3.8, 4) is 0 Å². The Kier molecular flexibility index (Phi) is 1.99. The second-order valence-corrected chi connectivity index (χ2v) is 1.91. The van der Waals surface area contributed by atoms with Gasteiger partial charge in [0.05, 0.1) is 11.4 Å². The maximum Gasteiger partial charge on any atom is 0.0774 e. The molecular formula is C7H9N3. The predicted octanol–water partition coefficient (Wildman–Crippen LogP) is 1.42. The number of hydrogen-bond acceptors (Lipinski definition) is 3. The molecule has 0 spiro atoms. The van der Waals surface area contributed by atoms with Gasteiger partial charge in [-0.25, -0.2) is 0 Å². The summed E-state index contributed by atoms with van der Waals surface area (Å²) in [4.78, 5) is 4.05. The molecule has 0 saturated carbocycles. The molecule has 0 amide bonds. The highest BCUT2D eigenvalue weighted by atomic mass is 15.3. The topological polar surface area (TPSA) is 37.3 Å². The largest absolute Gasteiger partial charge is 0.277 e. The number of aromatic nitrogens is 1. The van der Waals surface area contributed by atoms with E-state index in [9.17, 15) is 0 Å². The number of nitrogens with zero attached hydrogens (tertiary/aromatic N) is 2. The fourth-order valence-electron chi connectivity index (χ4n) is 0.688. The van der Waals surface area contributed by atoms with Gasteiger partial charge in [-0.05, 0) is 19.1 Å². The second-order valence-electron chi connectivity index (χ2n) is 1.91. The fourth-order valence-corrected chi connectivity index (χ4v) is 0.688. The summed E-state index contributed by atoms with van der Waals surface area (Å²) in [6, 6.07) is 3.75. The lowest BCUT2D eigenvalue weighted by Gasteiger charge is -2.00. The van der Waals surface area contributed by atoms with Crippen molar-refractivity contribution in [2.24, 2.45) is 5.10 Å². The standard InChI is InChI=1S/C7H9N3/c1-6-7(10-8-2)4-3-5-9-6/h3-5,10H,2H2,1H3. The van der Waals surface area contributed by atoms with E-state index in [-0.39, 0.29) is 0 Å². The lowest BCUT2D eigenvalue weighted by atomic mass is 10.3. The van der Waals surface area contributed by atoms with E-state index in [4.69, 9.17) is 0 Å². The molecule has 0 aliphatic carbocycles. The molecule has 0 saturated heterocycles. The Morgan fingerprint density at radius 1 is 1.70 bits per heavy atom. The minimum Gasteiger partial charge on any atom is -0.277 e. The van der Waals surface area contributed by atoms with Gasteiger partial charge < -0.3 is 0 Å². The lowest BCUT2D eigenvalue weighted by Crippen LogP contribution is -1.91. The molecule has 0 aliphatic rings. The van der Waals surface area contributed by atoms with Crippen molar-refractivity contribution < 1.29 is 0 Å². The molecule has 10 heavy (non-hydrogen) atoms. The van der Waals surface area contributed by atoms with Gasteiger partial charge in [-0.2, -0.15) is 5.10 Å². The number of rotatable bonds is 2. The Morgan fingerprint density at radius 2 is 2.50 bits per heavy atom. The van der Waals surface area contributed by atoms with Gasteiger partial charge in [-0.3, -0.25) is 10.4 Å². The van der Waals surface area contributed by atoms with Gasteiger partial charge in [0, 0.05) is 12.9 Å². The molecule has 0 aliphatic heterocycles. The van der Waals surface area contributed by atoms with Crippen LogP contribution in [-0.2, 0) is 0 Å². The van der Waals surface area contributed by atoms with Crippen LogP contribution >= 0.6 is 0 Å². The average Bonchev–Trinajstić information content (AvgIpc) is 1.94. The van der Waals surface area contributed by atoms with Crippen molar-refractivity contribution in [2.45, 2.75) is 6.92 Å². The first-order valence-corrected chi connectivity index (χ1v) is 2.98. The van der Waals surface area contributed by atoms with Crippen LogP contribution in [0.15, 0.2) is 23.4 Å². The summed E-state index contributed by atoms with van der Waals surface area (Å²) in [6.07, 6.45) is 1.74. The number of anilines is 1. The van der Waals surface area contributed by atoms with Gasteiger partial charge in [0.1, 0.15) is 0 Å². The molecule has 1 N–H and O–H groups in total. The van der Waals surface area contributed by atoms with Crippen LogP contribution in [0.25, 0.3) is 0 Å². The van der Waals surface area contributed by atoms with Gasteiger partial charge in [0.15, 0.2) is 0 Å². The summed E-state index contributed by atoms with van der Waals surface area (Å²) in [5.74, 6) is 0. The Balaban J connectivity index is 2.91. The van der Waals surface area contributed by atoms with Crippen molar-refractivity contribution in [3.05, 3.63) is 24.0 Å². The smallest absolute Gasteiger partial charge is 0.0774 e. The molecule has 3 heteroatoms. The van der Waals surface area contributed by atoms with E-state index < -0.39 is 0 Å². The minimum absolute atomic E-state index is 0.900. The van der Waals surface area contributed by atoms with Crippen molar-refractivity contribution >= 4 is 12.4 Å². The quantitative estimate of drug-likeness (QED) is 0.492. The number of hydrogen-bond donors (Lipinski definition) is 1. The summed E-state index contributed by atoms with van der Waals surface area (Å²) < 4.78 is 0. The highest BCUT2D eigenvalue weighted by Gasteiger charge is 1.92. The number of nitrogens with one attached hydrogen (secondary N) is 1. The molecule has 1 aromatic heterocycles. The molecule has 1 rings (SSSR count). The van der Waals surface area contributed by atoms with Crippen molar-refractivity contribution in [1.82, 2.24) is 4.98 Å². The first-order chi connectivity index (χ1) is 4.84. The van der Waals surface area contributed by atoms with E-state index in [0.29, 0.717) is 0 Å². The van der Waals surface area contributed by atoms with Crippen LogP contribution in [0.2, 0.25) is 0 Å². The molecule has 0 atom stereocenters. The molecule has 0 bridgehead atoms. The molecule has 52 valence electrons. The zero-order valence-corrected chi connectivity index (χ0v) is 5.83. The van der Waals surface area contributed by atoms with E-state index >= 15 is 0 Å². The van der Waals surface area contributed by atoms with Gasteiger partial charge in [-0.15, -0.1) is 0 Å². The summed E-state index contributed by atoms with van der Waals surface area (Å²) >= 11 is 0. The van der Waals surface area contributed by atoms with Crippen LogP contribution in [0.5, 0.6) is 0 Å². The maximum atomic E-state index is 4.05. The highest BCUT2D eigenvalue weighted by Crippen LogP contribution is 2.08. The van der Waals surface area contributed by atoms with Crippen LogP contribution in [0, 0.1) is 6.92 Å². The molecule has 0 unspecified atom stereocenters. The van der Waals surface area contributed by atoms with Gasteiger partial charge in [0.2, 0.25) is 0 Å². The SMILES string of the molecule is C=NNc1cccnc1C. The van der Waals surface area contributed by atoms with E-state index in [0.717, 1.165) is 11.4 Å². The summed E-state index contributed by atoms with van der Waals surface area (Å²) in [5, 5.41) is 3.53. The molecule has 1 aromatic rings. The molecule has 0 aromatic carbocycles. The second kappa shape index (κ2) is 2.96. The third-order valence-corrected chi connectivity index (χ3v) is 1.21. The molecular weight excluding hydrogens is 126 g/mol. The zero-order valence-electron chi connectivity index (χ0n) is 5.83. The lowest BCUT2D eigenvalue weighted by molar-refractivity contribution is 1.18. The normalized spacial score (nSPS) is 8.90. The average molecular weight is 135 g/mol. The van der Waals surface area contributed by atoms with E-state index in [2.05, 4.69) is 22.2 Å². The van der Waals surface area contributed by atoms with Crippen LogP contribution in [0.4, 0.5) is 5.69 Å². The number of pyridine rings is 1. The maximum absolute atomic E-state index is 4.05. The first kappa shape index (κ1) is 6.74. The molecule has 1 heterocycles. The van der Waals surface area contributed by atoms with Crippen molar-refractivity contribution in [2.75, 3.05) is 5.43 Å². The fraction of sp³-hybridized carbons (Fsp3) is 0.143. The minimum atomic E-state index is 0.900. The third kappa shape index (κ3) is 1.31. The first-order valence-electron chi connectivity index (χ1n) is 2.98. The van der Waals surface area contributed by atoms with E-state index in [1.54, 1.807) is 6.20 Å². The van der Waals surface area contributed by atoms with E-state index in [1.165, 1.54) is 0 Å². The molecule has 3 nitrogen and oxygen atoms in total. The van der Waals surface area contributed by atoms with Gasteiger partial charge >= 0.3 is 0 Å². The molecule has 0 fully saturated rings. The predicted molar refractivity (Wildman–Crippen MR) is 42.1 cm³/mol. The van der Waals surface area contributed by atoms with Crippen molar-refractivity contribution in [1.29, 1.82) is 0 Å². The summed E-state index contributed by atoms with van der Waals surface area (Å²) in [7, 11) is 0. The van der Waals surface area contributed by atoms with E-state index in [1.807, 2.05) is 19.1 Å². The zero-order chi connectivity index (χ0) is 7.40. The monoisotopic (exact) mass is 135 g/mol. The van der Waals surface area contributed by atoms with Crippen LogP contribution in [-0.4, -0.2) is 11.7 Å². The third-order valence-electron chi connectivity index (χ3n) is 1.21. The number of aryl methyl sites for hydroxylation is 1. The van der Waals surface area contributed by atoms with Crippen molar-refractivity contribution in [3.63, 3.8) is 0 Å².